The number of esters is 1. The number of methoxy groups -OCH3 is 3. The highest BCUT2D eigenvalue weighted by Crippen LogP contribution is 2.29. The summed E-state index contributed by atoms with van der Waals surface area (Å²) >= 11 is 0. The minimum absolute atomic E-state index is 0.401. The summed E-state index contributed by atoms with van der Waals surface area (Å²) in [7, 11) is 4.51. The Morgan fingerprint density at radius 3 is 2.41 bits per heavy atom. The van der Waals surface area contributed by atoms with Crippen molar-refractivity contribution in [2.24, 2.45) is 0 Å². The van der Waals surface area contributed by atoms with E-state index in [-0.39, 0.29) is 0 Å². The molecule has 1 aromatic carbocycles. The van der Waals surface area contributed by atoms with Gasteiger partial charge >= 0.3 is 5.97 Å². The minimum Gasteiger partial charge on any atom is -0.497 e. The lowest BCUT2D eigenvalue weighted by molar-refractivity contribution is -0.134. The molecule has 0 saturated heterocycles. The maximum absolute atomic E-state index is 11.0. The SMILES string of the molecule is COC(=O)C=Cc1c(C)cc(OC)cc1OC. The second kappa shape index (κ2) is 5.94. The van der Waals surface area contributed by atoms with E-state index in [4.69, 9.17) is 9.47 Å². The fourth-order valence-electron chi connectivity index (χ4n) is 1.45. The third-order valence-electron chi connectivity index (χ3n) is 2.37. The summed E-state index contributed by atoms with van der Waals surface area (Å²) in [5.74, 6) is 0.971. The Bertz CT molecular complexity index is 435. The maximum atomic E-state index is 11.0. The van der Waals surface area contributed by atoms with Gasteiger partial charge in [-0.1, -0.05) is 0 Å². The van der Waals surface area contributed by atoms with Crippen LogP contribution in [0.3, 0.4) is 0 Å². The monoisotopic (exact) mass is 236 g/mol. The van der Waals surface area contributed by atoms with Gasteiger partial charge in [-0.15, -0.1) is 0 Å². The predicted octanol–water partition coefficient (Wildman–Crippen LogP) is 2.20. The zero-order valence-corrected chi connectivity index (χ0v) is 10.4. The number of hydrogen-bond acceptors (Lipinski definition) is 4. The molecular weight excluding hydrogens is 220 g/mol. The van der Waals surface area contributed by atoms with Crippen molar-refractivity contribution in [3.63, 3.8) is 0 Å². The first-order valence-electron chi connectivity index (χ1n) is 5.11. The first-order chi connectivity index (χ1) is 8.12. The molecule has 1 aromatic rings. The van der Waals surface area contributed by atoms with Crippen LogP contribution in [0.2, 0.25) is 0 Å². The summed E-state index contributed by atoms with van der Waals surface area (Å²) in [6, 6.07) is 3.64. The van der Waals surface area contributed by atoms with E-state index in [1.165, 1.54) is 13.2 Å². The Balaban J connectivity index is 3.14. The van der Waals surface area contributed by atoms with Crippen molar-refractivity contribution in [3.8, 4) is 11.5 Å². The Labute approximate surface area is 101 Å². The van der Waals surface area contributed by atoms with Crippen LogP contribution in [-0.2, 0) is 9.53 Å². The fraction of sp³-hybridized carbons (Fsp3) is 0.308. The third-order valence-corrected chi connectivity index (χ3v) is 2.37. The van der Waals surface area contributed by atoms with Gasteiger partial charge in [0.15, 0.2) is 0 Å². The van der Waals surface area contributed by atoms with E-state index in [1.54, 1.807) is 26.4 Å². The van der Waals surface area contributed by atoms with Crippen molar-refractivity contribution in [2.75, 3.05) is 21.3 Å². The Hall–Kier alpha value is -1.97. The molecule has 1 rings (SSSR count). The molecule has 92 valence electrons. The van der Waals surface area contributed by atoms with Crippen LogP contribution in [0.1, 0.15) is 11.1 Å². The number of rotatable bonds is 4. The van der Waals surface area contributed by atoms with Crippen molar-refractivity contribution in [2.45, 2.75) is 6.92 Å². The van der Waals surface area contributed by atoms with Gasteiger partial charge in [-0.2, -0.15) is 0 Å². The molecule has 0 aliphatic heterocycles. The standard InChI is InChI=1S/C13H16O4/c1-9-7-10(15-2)8-12(16-3)11(9)5-6-13(14)17-4/h5-8H,1-4H3. The Morgan fingerprint density at radius 1 is 1.18 bits per heavy atom. The van der Waals surface area contributed by atoms with Crippen molar-refractivity contribution in [3.05, 3.63) is 29.3 Å². The average Bonchev–Trinajstić information content (AvgIpc) is 2.35. The molecule has 0 aliphatic rings. The highest BCUT2D eigenvalue weighted by atomic mass is 16.5. The number of hydrogen-bond donors (Lipinski definition) is 0. The lowest BCUT2D eigenvalue weighted by Gasteiger charge is -2.10. The summed E-state index contributed by atoms with van der Waals surface area (Å²) in [5, 5.41) is 0. The first kappa shape index (κ1) is 13.1. The largest absolute Gasteiger partial charge is 0.497 e. The van der Waals surface area contributed by atoms with Crippen LogP contribution in [-0.4, -0.2) is 27.3 Å². The molecule has 17 heavy (non-hydrogen) atoms. The zero-order chi connectivity index (χ0) is 12.8. The van der Waals surface area contributed by atoms with E-state index >= 15 is 0 Å². The molecule has 4 heteroatoms. The van der Waals surface area contributed by atoms with Crippen LogP contribution >= 0.6 is 0 Å². The van der Waals surface area contributed by atoms with Crippen LogP contribution in [0.5, 0.6) is 11.5 Å². The van der Waals surface area contributed by atoms with Crippen molar-refractivity contribution < 1.29 is 19.0 Å². The van der Waals surface area contributed by atoms with Crippen LogP contribution in [0.15, 0.2) is 18.2 Å². The predicted molar refractivity (Wildman–Crippen MR) is 65.3 cm³/mol. The highest BCUT2D eigenvalue weighted by Gasteiger charge is 2.07. The van der Waals surface area contributed by atoms with Gasteiger partial charge in [0.1, 0.15) is 11.5 Å². The molecule has 0 radical (unpaired) electrons. The van der Waals surface area contributed by atoms with Gasteiger partial charge in [-0.3, -0.25) is 0 Å². The van der Waals surface area contributed by atoms with Gasteiger partial charge in [-0.05, 0) is 24.6 Å². The summed E-state index contributed by atoms with van der Waals surface area (Å²) in [4.78, 5) is 11.0. The normalized spacial score (nSPS) is 10.4. The molecular formula is C13H16O4. The van der Waals surface area contributed by atoms with Crippen LogP contribution in [0.4, 0.5) is 0 Å². The average molecular weight is 236 g/mol. The smallest absolute Gasteiger partial charge is 0.330 e. The Morgan fingerprint density at radius 2 is 1.88 bits per heavy atom. The van der Waals surface area contributed by atoms with Crippen molar-refractivity contribution >= 4 is 12.0 Å². The molecule has 0 amide bonds. The summed E-state index contributed by atoms with van der Waals surface area (Å²) in [6.45, 7) is 1.92. The summed E-state index contributed by atoms with van der Waals surface area (Å²) in [5.41, 5.74) is 1.79. The second-order valence-electron chi connectivity index (χ2n) is 3.42. The van der Waals surface area contributed by atoms with E-state index in [0.29, 0.717) is 5.75 Å². The van der Waals surface area contributed by atoms with Crippen molar-refractivity contribution in [1.29, 1.82) is 0 Å². The zero-order valence-electron chi connectivity index (χ0n) is 10.4. The molecule has 0 heterocycles. The lowest BCUT2D eigenvalue weighted by Crippen LogP contribution is -1.96. The summed E-state index contributed by atoms with van der Waals surface area (Å²) in [6.07, 6.45) is 3.02. The van der Waals surface area contributed by atoms with E-state index in [1.807, 2.05) is 13.0 Å². The molecule has 0 atom stereocenters. The first-order valence-corrected chi connectivity index (χ1v) is 5.11. The van der Waals surface area contributed by atoms with Crippen LogP contribution < -0.4 is 9.47 Å². The van der Waals surface area contributed by atoms with Crippen LogP contribution in [0, 0.1) is 6.92 Å². The lowest BCUT2D eigenvalue weighted by atomic mass is 10.1. The van der Waals surface area contributed by atoms with Gasteiger partial charge in [-0.25, -0.2) is 4.79 Å². The van der Waals surface area contributed by atoms with Gasteiger partial charge in [0, 0.05) is 17.7 Å². The maximum Gasteiger partial charge on any atom is 0.330 e. The van der Waals surface area contributed by atoms with E-state index in [2.05, 4.69) is 4.74 Å². The number of benzene rings is 1. The van der Waals surface area contributed by atoms with Gasteiger partial charge in [0.05, 0.1) is 21.3 Å². The highest BCUT2D eigenvalue weighted by molar-refractivity contribution is 5.88. The third kappa shape index (κ3) is 3.24. The molecule has 0 bridgehead atoms. The molecule has 0 saturated carbocycles. The van der Waals surface area contributed by atoms with Gasteiger partial charge in [0.25, 0.3) is 0 Å². The van der Waals surface area contributed by atoms with E-state index < -0.39 is 5.97 Å². The molecule has 4 nitrogen and oxygen atoms in total. The van der Waals surface area contributed by atoms with Crippen LogP contribution in [0.25, 0.3) is 6.08 Å². The molecule has 0 aromatic heterocycles. The van der Waals surface area contributed by atoms with Gasteiger partial charge < -0.3 is 14.2 Å². The number of aryl methyl sites for hydroxylation is 1. The number of carbonyl (C=O) groups is 1. The van der Waals surface area contributed by atoms with E-state index in [0.717, 1.165) is 16.9 Å². The topological polar surface area (TPSA) is 44.8 Å². The quantitative estimate of drug-likeness (QED) is 0.594. The Kier molecular flexibility index (Phi) is 4.57. The second-order valence-corrected chi connectivity index (χ2v) is 3.42. The minimum atomic E-state index is -0.401. The molecule has 0 aliphatic carbocycles. The number of carbonyl (C=O) groups excluding carboxylic acids is 1. The van der Waals surface area contributed by atoms with Crippen molar-refractivity contribution in [1.82, 2.24) is 0 Å². The molecule has 0 spiro atoms. The summed E-state index contributed by atoms with van der Waals surface area (Å²) < 4.78 is 14.9. The molecule has 0 N–H and O–H groups in total. The molecule has 0 fully saturated rings. The van der Waals surface area contributed by atoms with Gasteiger partial charge in [0.2, 0.25) is 0 Å². The fourth-order valence-corrected chi connectivity index (χ4v) is 1.45. The molecule has 0 unspecified atom stereocenters. The number of ether oxygens (including phenoxy) is 3. The van der Waals surface area contributed by atoms with E-state index in [9.17, 15) is 4.79 Å².